The number of fused-ring (bicyclic) bond motifs is 1. The molecule has 1 aromatic carbocycles. The van der Waals surface area contributed by atoms with E-state index in [2.05, 4.69) is 0 Å². The number of aliphatic carboxylic acids is 1. The van der Waals surface area contributed by atoms with Gasteiger partial charge in [0.15, 0.2) is 0 Å². The van der Waals surface area contributed by atoms with E-state index in [1.807, 2.05) is 13.8 Å². The second-order valence-corrected chi connectivity index (χ2v) is 6.74. The van der Waals surface area contributed by atoms with Crippen LogP contribution in [-0.4, -0.2) is 41.6 Å². The zero-order chi connectivity index (χ0) is 17.9. The van der Waals surface area contributed by atoms with Crippen LogP contribution in [-0.2, 0) is 16.1 Å². The van der Waals surface area contributed by atoms with Crippen molar-refractivity contribution in [3.05, 3.63) is 34.5 Å². The number of hydrogen-bond donors (Lipinski definition) is 1. The van der Waals surface area contributed by atoms with Gasteiger partial charge in [0.25, 0.3) is 5.91 Å². The molecule has 1 N–H and O–H groups in total. The third kappa shape index (κ3) is 3.73. The maximum atomic E-state index is 14.2. The van der Waals surface area contributed by atoms with Crippen LogP contribution in [0.15, 0.2) is 18.2 Å². The SMILES string of the molecule is COCc1c(C(=O)N(CCC(=O)O)C(C)C)sc2cccc(F)c12. The number of carbonyl (C=O) groups is 2. The average Bonchev–Trinajstić information content (AvgIpc) is 2.87. The molecule has 0 spiro atoms. The van der Waals surface area contributed by atoms with Crippen LogP contribution < -0.4 is 0 Å². The Bertz CT molecular complexity index is 756. The smallest absolute Gasteiger partial charge is 0.305 e. The van der Waals surface area contributed by atoms with Crippen molar-refractivity contribution in [2.75, 3.05) is 13.7 Å². The summed E-state index contributed by atoms with van der Waals surface area (Å²) in [5.74, 6) is -1.65. The number of thiophene rings is 1. The number of benzene rings is 1. The normalized spacial score (nSPS) is 11.2. The number of carbonyl (C=O) groups excluding carboxylic acids is 1. The molecule has 130 valence electrons. The average molecular weight is 353 g/mol. The number of nitrogens with zero attached hydrogens (tertiary/aromatic N) is 1. The minimum absolute atomic E-state index is 0.106. The van der Waals surface area contributed by atoms with Crippen molar-refractivity contribution in [1.82, 2.24) is 4.90 Å². The molecule has 1 heterocycles. The molecule has 0 atom stereocenters. The van der Waals surface area contributed by atoms with Gasteiger partial charge in [-0.25, -0.2) is 4.39 Å². The van der Waals surface area contributed by atoms with Crippen LogP contribution in [0.2, 0.25) is 0 Å². The fraction of sp³-hybridized carbons (Fsp3) is 0.412. The highest BCUT2D eigenvalue weighted by molar-refractivity contribution is 7.21. The lowest BCUT2D eigenvalue weighted by Gasteiger charge is -2.26. The summed E-state index contributed by atoms with van der Waals surface area (Å²) in [4.78, 5) is 25.7. The second kappa shape index (κ2) is 7.72. The van der Waals surface area contributed by atoms with Crippen molar-refractivity contribution in [3.63, 3.8) is 0 Å². The van der Waals surface area contributed by atoms with Crippen LogP contribution >= 0.6 is 11.3 Å². The van der Waals surface area contributed by atoms with Crippen LogP contribution in [0.1, 0.15) is 35.5 Å². The van der Waals surface area contributed by atoms with Crippen LogP contribution in [0.25, 0.3) is 10.1 Å². The molecule has 0 saturated heterocycles. The molecule has 0 radical (unpaired) electrons. The monoisotopic (exact) mass is 353 g/mol. The van der Waals surface area contributed by atoms with E-state index in [9.17, 15) is 14.0 Å². The van der Waals surface area contributed by atoms with Crippen molar-refractivity contribution < 1.29 is 23.8 Å². The zero-order valence-electron chi connectivity index (χ0n) is 13.8. The Morgan fingerprint density at radius 1 is 1.38 bits per heavy atom. The van der Waals surface area contributed by atoms with E-state index >= 15 is 0 Å². The number of hydrogen-bond acceptors (Lipinski definition) is 4. The summed E-state index contributed by atoms with van der Waals surface area (Å²) in [5, 5.41) is 9.28. The number of carboxylic acid groups (broad SMARTS) is 1. The highest BCUT2D eigenvalue weighted by Crippen LogP contribution is 2.34. The summed E-state index contributed by atoms with van der Waals surface area (Å²) < 4.78 is 20.0. The first kappa shape index (κ1) is 18.4. The van der Waals surface area contributed by atoms with Gasteiger partial charge in [-0.1, -0.05) is 6.07 Å². The Labute approximate surface area is 143 Å². The van der Waals surface area contributed by atoms with Crippen molar-refractivity contribution in [3.8, 4) is 0 Å². The van der Waals surface area contributed by atoms with Gasteiger partial charge in [-0.2, -0.15) is 0 Å². The largest absolute Gasteiger partial charge is 0.481 e. The van der Waals surface area contributed by atoms with Gasteiger partial charge in [-0.15, -0.1) is 11.3 Å². The van der Waals surface area contributed by atoms with Gasteiger partial charge >= 0.3 is 5.97 Å². The van der Waals surface area contributed by atoms with Gasteiger partial charge in [-0.05, 0) is 26.0 Å². The fourth-order valence-corrected chi connectivity index (χ4v) is 3.74. The molecule has 0 aliphatic rings. The van der Waals surface area contributed by atoms with E-state index in [-0.39, 0.29) is 31.5 Å². The van der Waals surface area contributed by atoms with E-state index in [0.29, 0.717) is 20.5 Å². The summed E-state index contributed by atoms with van der Waals surface area (Å²) in [7, 11) is 1.49. The predicted octanol–water partition coefficient (Wildman–Crippen LogP) is 3.51. The molecule has 5 nitrogen and oxygen atoms in total. The molecular weight excluding hydrogens is 333 g/mol. The Balaban J connectivity index is 2.48. The Morgan fingerprint density at radius 2 is 2.08 bits per heavy atom. The van der Waals surface area contributed by atoms with E-state index < -0.39 is 11.8 Å². The van der Waals surface area contributed by atoms with Gasteiger partial charge in [-0.3, -0.25) is 9.59 Å². The van der Waals surface area contributed by atoms with Gasteiger partial charge in [0.05, 0.1) is 17.9 Å². The standard InChI is InChI=1S/C17H20FNO4S/c1-10(2)19(8-7-14(20)21)17(22)16-11(9-23-3)15-12(18)5-4-6-13(15)24-16/h4-6,10H,7-9H2,1-3H3,(H,20,21). The minimum atomic E-state index is -0.965. The summed E-state index contributed by atoms with van der Waals surface area (Å²) in [5.41, 5.74) is 0.515. The Morgan fingerprint density at radius 3 is 2.67 bits per heavy atom. The third-order valence-corrected chi connectivity index (χ3v) is 4.88. The number of methoxy groups -OCH3 is 1. The number of rotatable bonds is 7. The molecule has 1 aromatic heterocycles. The van der Waals surface area contributed by atoms with E-state index in [1.54, 1.807) is 12.1 Å². The summed E-state index contributed by atoms with van der Waals surface area (Å²) in [6.45, 7) is 3.87. The molecule has 2 rings (SSSR count). The van der Waals surface area contributed by atoms with E-state index in [1.165, 1.54) is 29.4 Å². The fourth-order valence-electron chi connectivity index (χ4n) is 2.56. The first-order chi connectivity index (χ1) is 11.4. The molecule has 24 heavy (non-hydrogen) atoms. The van der Waals surface area contributed by atoms with Crippen molar-refractivity contribution in [1.29, 1.82) is 0 Å². The molecular formula is C17H20FNO4S. The predicted molar refractivity (Wildman–Crippen MR) is 90.9 cm³/mol. The van der Waals surface area contributed by atoms with Gasteiger partial charge in [0.1, 0.15) is 5.82 Å². The lowest BCUT2D eigenvalue weighted by atomic mass is 10.1. The molecule has 0 bridgehead atoms. The Kier molecular flexibility index (Phi) is 5.90. The quantitative estimate of drug-likeness (QED) is 0.827. The van der Waals surface area contributed by atoms with Crippen molar-refractivity contribution in [2.45, 2.75) is 32.9 Å². The van der Waals surface area contributed by atoms with Crippen molar-refractivity contribution in [2.24, 2.45) is 0 Å². The minimum Gasteiger partial charge on any atom is -0.481 e. The highest BCUT2D eigenvalue weighted by Gasteiger charge is 2.26. The molecule has 0 unspecified atom stereocenters. The van der Waals surface area contributed by atoms with Gasteiger partial charge in [0, 0.05) is 35.3 Å². The number of halogens is 1. The molecule has 2 aromatic rings. The number of carboxylic acids is 1. The van der Waals surface area contributed by atoms with E-state index in [4.69, 9.17) is 9.84 Å². The first-order valence-corrected chi connectivity index (χ1v) is 8.40. The third-order valence-electron chi connectivity index (χ3n) is 3.70. The lowest BCUT2D eigenvalue weighted by Crippen LogP contribution is -2.38. The van der Waals surface area contributed by atoms with Gasteiger partial charge < -0.3 is 14.7 Å². The zero-order valence-corrected chi connectivity index (χ0v) is 14.7. The summed E-state index contributed by atoms with van der Waals surface area (Å²) in [6, 6.07) is 4.55. The van der Waals surface area contributed by atoms with Crippen LogP contribution in [0.5, 0.6) is 0 Å². The second-order valence-electron chi connectivity index (χ2n) is 5.69. The first-order valence-electron chi connectivity index (χ1n) is 7.58. The lowest BCUT2D eigenvalue weighted by molar-refractivity contribution is -0.137. The maximum Gasteiger partial charge on any atom is 0.305 e. The van der Waals surface area contributed by atoms with Crippen LogP contribution in [0.4, 0.5) is 4.39 Å². The Hall–Kier alpha value is -1.99. The van der Waals surface area contributed by atoms with E-state index in [0.717, 1.165) is 0 Å². The molecule has 0 fully saturated rings. The maximum absolute atomic E-state index is 14.2. The molecule has 0 aliphatic carbocycles. The van der Waals surface area contributed by atoms with Gasteiger partial charge in [0.2, 0.25) is 0 Å². The molecule has 0 aliphatic heterocycles. The number of ether oxygens (including phenoxy) is 1. The van der Waals surface area contributed by atoms with Crippen LogP contribution in [0.3, 0.4) is 0 Å². The molecule has 1 amide bonds. The molecule has 0 saturated carbocycles. The van der Waals surface area contributed by atoms with Crippen LogP contribution in [0, 0.1) is 5.82 Å². The number of amides is 1. The summed E-state index contributed by atoms with van der Waals surface area (Å²) in [6.07, 6.45) is -0.136. The van der Waals surface area contributed by atoms with Crippen molar-refractivity contribution >= 4 is 33.3 Å². The molecule has 7 heteroatoms. The summed E-state index contributed by atoms with van der Waals surface area (Å²) >= 11 is 1.21. The topological polar surface area (TPSA) is 66.8 Å². The highest BCUT2D eigenvalue weighted by atomic mass is 32.1.